The summed E-state index contributed by atoms with van der Waals surface area (Å²) in [5.41, 5.74) is 2.17. The van der Waals surface area contributed by atoms with Gasteiger partial charge in [-0.25, -0.2) is 0 Å². The summed E-state index contributed by atoms with van der Waals surface area (Å²) < 4.78 is 5.38. The molecular formula is C16H22O2. The first-order valence-corrected chi connectivity index (χ1v) is 7.02. The molecule has 18 heavy (non-hydrogen) atoms. The molecule has 2 rings (SSSR count). The average molecular weight is 246 g/mol. The molecule has 1 aromatic rings. The third-order valence-corrected chi connectivity index (χ3v) is 3.59. The average Bonchev–Trinajstić information content (AvgIpc) is 2.46. The van der Waals surface area contributed by atoms with Gasteiger partial charge in [-0.1, -0.05) is 37.6 Å². The molecule has 1 saturated heterocycles. The largest absolute Gasteiger partial charge is 0.381 e. The van der Waals surface area contributed by atoms with Crippen LogP contribution in [0.4, 0.5) is 0 Å². The molecule has 1 fully saturated rings. The normalized spacial score (nSPS) is 19.7. The van der Waals surface area contributed by atoms with Crippen LogP contribution >= 0.6 is 0 Å². The zero-order valence-corrected chi connectivity index (χ0v) is 11.2. The van der Waals surface area contributed by atoms with Crippen LogP contribution in [0.3, 0.4) is 0 Å². The van der Waals surface area contributed by atoms with Gasteiger partial charge in [-0.3, -0.25) is 4.79 Å². The highest BCUT2D eigenvalue weighted by molar-refractivity contribution is 5.98. The lowest BCUT2D eigenvalue weighted by molar-refractivity contribution is 0.0461. The topological polar surface area (TPSA) is 26.3 Å². The maximum atomic E-state index is 12.2. The third kappa shape index (κ3) is 3.42. The van der Waals surface area contributed by atoms with E-state index in [4.69, 9.17) is 4.74 Å². The fraction of sp³-hybridized carbons (Fsp3) is 0.562. The van der Waals surface area contributed by atoms with E-state index >= 15 is 0 Å². The molecule has 1 aliphatic rings. The van der Waals surface area contributed by atoms with Crippen molar-refractivity contribution in [2.75, 3.05) is 13.2 Å². The van der Waals surface area contributed by atoms with E-state index < -0.39 is 0 Å². The number of aryl methyl sites for hydroxylation is 1. The number of benzene rings is 1. The van der Waals surface area contributed by atoms with Gasteiger partial charge >= 0.3 is 0 Å². The molecule has 0 N–H and O–H groups in total. The zero-order chi connectivity index (χ0) is 12.8. The van der Waals surface area contributed by atoms with Gasteiger partial charge in [0.25, 0.3) is 0 Å². The van der Waals surface area contributed by atoms with Crippen molar-refractivity contribution in [3.8, 4) is 0 Å². The number of hydrogen-bond donors (Lipinski definition) is 0. The number of carbonyl (C=O) groups excluding carboxylic acids is 1. The van der Waals surface area contributed by atoms with Crippen LogP contribution in [-0.4, -0.2) is 19.0 Å². The van der Waals surface area contributed by atoms with E-state index in [1.165, 1.54) is 18.4 Å². The van der Waals surface area contributed by atoms with Crippen molar-refractivity contribution >= 4 is 5.78 Å². The number of Topliss-reactive ketones (excluding diaryl/α,β-unsaturated/α-hetero) is 1. The minimum absolute atomic E-state index is 0.0697. The number of carbonyl (C=O) groups is 1. The molecule has 0 spiro atoms. The van der Waals surface area contributed by atoms with E-state index in [0.29, 0.717) is 6.61 Å². The maximum absolute atomic E-state index is 12.2. The number of ketones is 1. The Bertz CT molecular complexity index is 375. The van der Waals surface area contributed by atoms with Crippen molar-refractivity contribution in [3.05, 3.63) is 35.4 Å². The highest BCUT2D eigenvalue weighted by atomic mass is 16.5. The van der Waals surface area contributed by atoms with Gasteiger partial charge in [-0.15, -0.1) is 0 Å². The number of rotatable bonds is 5. The summed E-state index contributed by atoms with van der Waals surface area (Å²) in [7, 11) is 0. The molecule has 2 nitrogen and oxygen atoms in total. The molecule has 0 saturated carbocycles. The minimum atomic E-state index is 0.0697. The second-order valence-electron chi connectivity index (χ2n) is 5.08. The number of ether oxygens (including phenoxy) is 1. The first-order chi connectivity index (χ1) is 8.81. The molecule has 98 valence electrons. The molecule has 1 unspecified atom stereocenters. The Morgan fingerprint density at radius 2 is 2.11 bits per heavy atom. The summed E-state index contributed by atoms with van der Waals surface area (Å²) >= 11 is 0. The van der Waals surface area contributed by atoms with Gasteiger partial charge in [0.2, 0.25) is 0 Å². The lowest BCUT2D eigenvalue weighted by atomic mass is 9.92. The van der Waals surface area contributed by atoms with E-state index in [1.807, 2.05) is 12.1 Å². The summed E-state index contributed by atoms with van der Waals surface area (Å²) in [5, 5.41) is 0. The monoisotopic (exact) mass is 246 g/mol. The van der Waals surface area contributed by atoms with E-state index in [2.05, 4.69) is 19.1 Å². The molecule has 1 atom stereocenters. The zero-order valence-electron chi connectivity index (χ0n) is 11.2. The Hall–Kier alpha value is -1.15. The van der Waals surface area contributed by atoms with Crippen molar-refractivity contribution in [2.45, 2.75) is 39.0 Å². The van der Waals surface area contributed by atoms with Crippen molar-refractivity contribution in [1.29, 1.82) is 0 Å². The fourth-order valence-electron chi connectivity index (χ4n) is 2.40. The van der Waals surface area contributed by atoms with Gasteiger partial charge < -0.3 is 4.74 Å². The van der Waals surface area contributed by atoms with Crippen molar-refractivity contribution in [2.24, 2.45) is 5.92 Å². The minimum Gasteiger partial charge on any atom is -0.381 e. The Labute approximate surface area is 109 Å². The van der Waals surface area contributed by atoms with Crippen molar-refractivity contribution < 1.29 is 9.53 Å². The highest BCUT2D eigenvalue weighted by Gasteiger charge is 2.22. The standard InChI is InChI=1S/C16H22O2/c1-2-3-5-13-7-9-14(10-8-13)16(17)15-6-4-11-18-12-15/h7-10,15H,2-6,11-12H2,1H3. The Morgan fingerprint density at radius 1 is 1.33 bits per heavy atom. The lowest BCUT2D eigenvalue weighted by Crippen LogP contribution is -2.25. The highest BCUT2D eigenvalue weighted by Crippen LogP contribution is 2.19. The van der Waals surface area contributed by atoms with Crippen LogP contribution in [-0.2, 0) is 11.2 Å². The summed E-state index contributed by atoms with van der Waals surface area (Å²) in [4.78, 5) is 12.2. The second-order valence-corrected chi connectivity index (χ2v) is 5.08. The molecular weight excluding hydrogens is 224 g/mol. The van der Waals surface area contributed by atoms with Crippen LogP contribution in [0.25, 0.3) is 0 Å². The molecule has 1 aromatic carbocycles. The van der Waals surface area contributed by atoms with Crippen molar-refractivity contribution in [1.82, 2.24) is 0 Å². The molecule has 1 aliphatic heterocycles. The molecule has 0 bridgehead atoms. The second kappa shape index (κ2) is 6.69. The van der Waals surface area contributed by atoms with E-state index in [9.17, 15) is 4.79 Å². The van der Waals surface area contributed by atoms with Crippen molar-refractivity contribution in [3.63, 3.8) is 0 Å². The smallest absolute Gasteiger partial charge is 0.168 e. The molecule has 0 aromatic heterocycles. The molecule has 1 heterocycles. The summed E-state index contributed by atoms with van der Waals surface area (Å²) in [6.07, 6.45) is 5.50. The summed E-state index contributed by atoms with van der Waals surface area (Å²) in [5.74, 6) is 0.317. The van der Waals surface area contributed by atoms with Gasteiger partial charge in [0.1, 0.15) is 0 Å². The van der Waals surface area contributed by atoms with E-state index in [0.717, 1.165) is 31.4 Å². The summed E-state index contributed by atoms with van der Waals surface area (Å²) in [6.45, 7) is 3.59. The van der Waals surface area contributed by atoms with Gasteiger partial charge in [0.05, 0.1) is 6.61 Å². The Morgan fingerprint density at radius 3 is 2.72 bits per heavy atom. The van der Waals surface area contributed by atoms with E-state index in [1.54, 1.807) is 0 Å². The van der Waals surface area contributed by atoms with Crippen LogP contribution in [0.1, 0.15) is 48.5 Å². The third-order valence-electron chi connectivity index (χ3n) is 3.59. The number of hydrogen-bond acceptors (Lipinski definition) is 2. The first kappa shape index (κ1) is 13.3. The maximum Gasteiger partial charge on any atom is 0.168 e. The molecule has 2 heteroatoms. The molecule has 0 amide bonds. The Balaban J connectivity index is 1.97. The first-order valence-electron chi connectivity index (χ1n) is 7.02. The lowest BCUT2D eigenvalue weighted by Gasteiger charge is -2.20. The quantitative estimate of drug-likeness (QED) is 0.741. The molecule has 0 aliphatic carbocycles. The fourth-order valence-corrected chi connectivity index (χ4v) is 2.40. The Kier molecular flexibility index (Phi) is 4.94. The van der Waals surface area contributed by atoms with Gasteiger partial charge in [-0.05, 0) is 31.2 Å². The van der Waals surface area contributed by atoms with Crippen LogP contribution in [0, 0.1) is 5.92 Å². The van der Waals surface area contributed by atoms with Crippen LogP contribution in [0.2, 0.25) is 0 Å². The van der Waals surface area contributed by atoms with Gasteiger partial charge in [0, 0.05) is 18.1 Å². The predicted octanol–water partition coefficient (Wildman–Crippen LogP) is 3.64. The van der Waals surface area contributed by atoms with E-state index in [-0.39, 0.29) is 11.7 Å². The predicted molar refractivity (Wildman–Crippen MR) is 72.9 cm³/mol. The van der Waals surface area contributed by atoms with Gasteiger partial charge in [-0.2, -0.15) is 0 Å². The van der Waals surface area contributed by atoms with Crippen LogP contribution < -0.4 is 0 Å². The number of unbranched alkanes of at least 4 members (excludes halogenated alkanes) is 1. The van der Waals surface area contributed by atoms with Crippen LogP contribution in [0.5, 0.6) is 0 Å². The SMILES string of the molecule is CCCCc1ccc(C(=O)C2CCCOC2)cc1. The molecule has 0 radical (unpaired) electrons. The summed E-state index contributed by atoms with van der Waals surface area (Å²) in [6, 6.07) is 8.13. The van der Waals surface area contributed by atoms with Crippen LogP contribution in [0.15, 0.2) is 24.3 Å². The van der Waals surface area contributed by atoms with Gasteiger partial charge in [0.15, 0.2) is 5.78 Å².